The largest absolute Gasteiger partial charge is 0.454 e. The van der Waals surface area contributed by atoms with E-state index in [0.29, 0.717) is 32.1 Å². The van der Waals surface area contributed by atoms with E-state index in [1.165, 1.54) is 11.1 Å². The lowest BCUT2D eigenvalue weighted by Gasteiger charge is -2.36. The molecule has 0 N–H and O–H groups in total. The number of likely N-dealkylation sites (tertiary alicyclic amines) is 2. The number of fused-ring (bicyclic) bond motifs is 2. The molecule has 0 bridgehead atoms. The Bertz CT molecular complexity index is 1600. The SMILES string of the molecule is CN(c1ncc(Cc2cnc(N(C)C3CCN(Cc4ccc5c(c4)OCO5)CC3)nc2)cn1)C1CCN(Cc2ccc3c(c2)OCO3)CC1. The molecule has 4 aliphatic rings. The third-order valence-corrected chi connectivity index (χ3v) is 10.3. The van der Waals surface area contributed by atoms with E-state index in [9.17, 15) is 0 Å². The maximum absolute atomic E-state index is 5.55. The quantitative estimate of drug-likeness (QED) is 0.238. The number of benzene rings is 2. The first-order valence-corrected chi connectivity index (χ1v) is 17.3. The minimum absolute atomic E-state index is 0.311. The lowest BCUT2D eigenvalue weighted by molar-refractivity contribution is 0.173. The Hall–Kier alpha value is -4.68. The van der Waals surface area contributed by atoms with Crippen LogP contribution < -0.4 is 28.7 Å². The molecule has 2 aromatic carbocycles. The lowest BCUT2D eigenvalue weighted by atomic mass is 10.0. The van der Waals surface area contributed by atoms with E-state index in [1.807, 2.05) is 36.9 Å². The molecule has 8 rings (SSSR count). The number of rotatable bonds is 10. The number of hydrogen-bond acceptors (Lipinski definition) is 12. The summed E-state index contributed by atoms with van der Waals surface area (Å²) < 4.78 is 22.0. The van der Waals surface area contributed by atoms with Crippen molar-refractivity contribution in [1.29, 1.82) is 0 Å². The molecule has 0 radical (unpaired) electrons. The molecule has 2 fully saturated rings. The Morgan fingerprint density at radius 2 is 0.939 bits per heavy atom. The minimum Gasteiger partial charge on any atom is -0.454 e. The van der Waals surface area contributed by atoms with Crippen molar-refractivity contribution in [3.05, 3.63) is 83.4 Å². The fourth-order valence-corrected chi connectivity index (χ4v) is 7.33. The van der Waals surface area contributed by atoms with Gasteiger partial charge in [-0.15, -0.1) is 0 Å². The number of hydrogen-bond donors (Lipinski definition) is 0. The molecule has 0 amide bonds. The molecule has 6 heterocycles. The molecule has 4 aliphatic heterocycles. The van der Waals surface area contributed by atoms with Crippen LogP contribution in [0.25, 0.3) is 0 Å². The Kier molecular flexibility index (Phi) is 9.05. The molecule has 0 atom stereocenters. The van der Waals surface area contributed by atoms with E-state index in [4.69, 9.17) is 38.9 Å². The molecule has 256 valence electrons. The van der Waals surface area contributed by atoms with Crippen molar-refractivity contribution in [3.63, 3.8) is 0 Å². The first-order valence-electron chi connectivity index (χ1n) is 17.3. The zero-order valence-electron chi connectivity index (χ0n) is 28.3. The van der Waals surface area contributed by atoms with Crippen LogP contribution in [0.2, 0.25) is 0 Å². The molecule has 0 aliphatic carbocycles. The van der Waals surface area contributed by atoms with Gasteiger partial charge in [0.2, 0.25) is 25.5 Å². The van der Waals surface area contributed by atoms with Gasteiger partial charge in [0, 0.05) is 96.7 Å². The smallest absolute Gasteiger partial charge is 0.231 e. The first-order chi connectivity index (χ1) is 24.0. The Morgan fingerprint density at radius 1 is 0.551 bits per heavy atom. The Balaban J connectivity index is 0.783. The third-order valence-electron chi connectivity index (χ3n) is 10.3. The van der Waals surface area contributed by atoms with Gasteiger partial charge in [0.25, 0.3) is 0 Å². The van der Waals surface area contributed by atoms with Gasteiger partial charge < -0.3 is 28.7 Å². The topological polar surface area (TPSA) is 101 Å². The summed E-state index contributed by atoms with van der Waals surface area (Å²) in [4.78, 5) is 28.4. The average Bonchev–Trinajstić information content (AvgIpc) is 3.82. The van der Waals surface area contributed by atoms with E-state index < -0.39 is 0 Å². The summed E-state index contributed by atoms with van der Waals surface area (Å²) in [5, 5.41) is 0. The van der Waals surface area contributed by atoms with Crippen molar-refractivity contribution in [2.45, 2.75) is 57.3 Å². The van der Waals surface area contributed by atoms with Crippen LogP contribution in [0.4, 0.5) is 11.9 Å². The number of aromatic nitrogens is 4. The maximum Gasteiger partial charge on any atom is 0.231 e. The van der Waals surface area contributed by atoms with Crippen LogP contribution in [-0.4, -0.2) is 95.7 Å². The summed E-state index contributed by atoms with van der Waals surface area (Å²) in [6, 6.07) is 13.3. The summed E-state index contributed by atoms with van der Waals surface area (Å²) in [5.41, 5.74) is 4.62. The van der Waals surface area contributed by atoms with E-state index >= 15 is 0 Å². The van der Waals surface area contributed by atoms with Gasteiger partial charge >= 0.3 is 0 Å². The van der Waals surface area contributed by atoms with Crippen LogP contribution in [-0.2, 0) is 19.5 Å². The van der Waals surface area contributed by atoms with Crippen molar-refractivity contribution in [2.24, 2.45) is 0 Å². The highest BCUT2D eigenvalue weighted by molar-refractivity contribution is 5.45. The van der Waals surface area contributed by atoms with Crippen molar-refractivity contribution in [2.75, 3.05) is 63.7 Å². The minimum atomic E-state index is 0.311. The second kappa shape index (κ2) is 14.0. The highest BCUT2D eigenvalue weighted by Gasteiger charge is 2.26. The van der Waals surface area contributed by atoms with Crippen LogP contribution in [0, 0.1) is 0 Å². The fourth-order valence-electron chi connectivity index (χ4n) is 7.33. The van der Waals surface area contributed by atoms with E-state index in [0.717, 1.165) is 111 Å². The van der Waals surface area contributed by atoms with Crippen LogP contribution in [0.15, 0.2) is 61.2 Å². The summed E-state index contributed by atoms with van der Waals surface area (Å²) in [6.45, 7) is 6.60. The van der Waals surface area contributed by atoms with Crippen LogP contribution in [0.1, 0.15) is 47.9 Å². The van der Waals surface area contributed by atoms with E-state index in [2.05, 4.69) is 58.0 Å². The second-order valence-electron chi connectivity index (χ2n) is 13.6. The van der Waals surface area contributed by atoms with Crippen molar-refractivity contribution < 1.29 is 18.9 Å². The highest BCUT2D eigenvalue weighted by atomic mass is 16.7. The first kappa shape index (κ1) is 31.6. The molecule has 0 unspecified atom stereocenters. The zero-order valence-corrected chi connectivity index (χ0v) is 28.3. The monoisotopic (exact) mass is 664 g/mol. The predicted molar refractivity (Wildman–Crippen MR) is 185 cm³/mol. The summed E-state index contributed by atoms with van der Waals surface area (Å²) in [7, 11) is 4.22. The fraction of sp³-hybridized carbons (Fsp3) is 0.459. The zero-order chi connectivity index (χ0) is 33.2. The van der Waals surface area contributed by atoms with Gasteiger partial charge in [-0.05, 0) is 72.2 Å². The molecule has 0 saturated carbocycles. The molecule has 0 spiro atoms. The number of piperidine rings is 2. The predicted octanol–water partition coefficient (Wildman–Crippen LogP) is 4.52. The number of anilines is 2. The summed E-state index contributed by atoms with van der Waals surface area (Å²) in [6.07, 6.45) is 12.7. The summed E-state index contributed by atoms with van der Waals surface area (Å²) >= 11 is 0. The number of ether oxygens (including phenoxy) is 4. The Labute approximate surface area is 287 Å². The van der Waals surface area contributed by atoms with E-state index in [-0.39, 0.29) is 0 Å². The van der Waals surface area contributed by atoms with Gasteiger partial charge in [0.1, 0.15) is 0 Å². The second-order valence-corrected chi connectivity index (χ2v) is 13.6. The standard InChI is InChI=1S/C37H44N8O4/c1-42(30-7-11-44(12-8-30)22-26-3-5-32-34(16-26)48-24-46-32)36-38-18-28(19-39-36)15-29-20-40-37(41-21-29)43(2)31-9-13-45(14-10-31)23-27-4-6-33-35(17-27)49-25-47-33/h3-6,16-21,30-31H,7-15,22-25H2,1-2H3. The van der Waals surface area contributed by atoms with Gasteiger partial charge in [0.05, 0.1) is 0 Å². The van der Waals surface area contributed by atoms with Gasteiger partial charge in [-0.2, -0.15) is 0 Å². The summed E-state index contributed by atoms with van der Waals surface area (Å²) in [5.74, 6) is 4.91. The van der Waals surface area contributed by atoms with Crippen LogP contribution >= 0.6 is 0 Å². The molecule has 12 heteroatoms. The Morgan fingerprint density at radius 3 is 1.35 bits per heavy atom. The molecular formula is C37H44N8O4. The highest BCUT2D eigenvalue weighted by Crippen LogP contribution is 2.34. The average molecular weight is 665 g/mol. The van der Waals surface area contributed by atoms with Gasteiger partial charge in [-0.25, -0.2) is 19.9 Å². The molecule has 49 heavy (non-hydrogen) atoms. The van der Waals surface area contributed by atoms with Gasteiger partial charge in [0.15, 0.2) is 23.0 Å². The lowest BCUT2D eigenvalue weighted by Crippen LogP contribution is -2.43. The number of nitrogens with zero attached hydrogens (tertiary/aromatic N) is 8. The normalized spacial score (nSPS) is 18.2. The van der Waals surface area contributed by atoms with Crippen molar-refractivity contribution in [1.82, 2.24) is 29.7 Å². The molecule has 12 nitrogen and oxygen atoms in total. The molecular weight excluding hydrogens is 620 g/mol. The van der Waals surface area contributed by atoms with Crippen LogP contribution in [0.5, 0.6) is 23.0 Å². The van der Waals surface area contributed by atoms with Gasteiger partial charge in [-0.3, -0.25) is 9.80 Å². The van der Waals surface area contributed by atoms with Gasteiger partial charge in [-0.1, -0.05) is 12.1 Å². The third kappa shape index (κ3) is 7.20. The van der Waals surface area contributed by atoms with Crippen LogP contribution in [0.3, 0.4) is 0 Å². The van der Waals surface area contributed by atoms with Crippen molar-refractivity contribution >= 4 is 11.9 Å². The van der Waals surface area contributed by atoms with Crippen molar-refractivity contribution in [3.8, 4) is 23.0 Å². The molecule has 2 saturated heterocycles. The van der Waals surface area contributed by atoms with E-state index in [1.54, 1.807) is 0 Å². The molecule has 4 aromatic rings. The molecule has 2 aromatic heterocycles. The maximum atomic E-state index is 5.55.